The van der Waals surface area contributed by atoms with Gasteiger partial charge in [-0.3, -0.25) is 0 Å². The summed E-state index contributed by atoms with van der Waals surface area (Å²) in [5.41, 5.74) is 3.06. The van der Waals surface area contributed by atoms with Crippen molar-refractivity contribution in [1.29, 1.82) is 0 Å². The van der Waals surface area contributed by atoms with E-state index in [1.54, 1.807) is 36.4 Å². The van der Waals surface area contributed by atoms with Gasteiger partial charge in [0.25, 0.3) is 0 Å². The molecule has 0 amide bonds. The van der Waals surface area contributed by atoms with E-state index >= 15 is 0 Å². The first-order valence-corrected chi connectivity index (χ1v) is 9.28. The quantitative estimate of drug-likeness (QED) is 0.484. The number of aryl methyl sites for hydroxylation is 1. The Balaban J connectivity index is 1.72. The third-order valence-electron chi connectivity index (χ3n) is 3.66. The van der Waals surface area contributed by atoms with Crippen LogP contribution in [0, 0.1) is 6.92 Å². The normalized spacial score (nSPS) is 11.6. The minimum atomic E-state index is -3.82. The number of hydrogen-bond acceptors (Lipinski definition) is 3. The van der Waals surface area contributed by atoms with Crippen LogP contribution in [-0.2, 0) is 10.1 Å². The molecule has 0 saturated heterocycles. The van der Waals surface area contributed by atoms with E-state index in [0.717, 1.165) is 16.7 Å². The fraction of sp³-hybridized carbons (Fsp3) is 0.0476. The van der Waals surface area contributed by atoms with Crippen LogP contribution in [-0.4, -0.2) is 8.42 Å². The lowest BCUT2D eigenvalue weighted by atomic mass is 10.1. The lowest BCUT2D eigenvalue weighted by molar-refractivity contribution is 0.486. The Kier molecular flexibility index (Phi) is 5.00. The smallest absolute Gasteiger partial charge is 0.339 e. The molecule has 0 spiro atoms. The monoisotopic (exact) mass is 350 g/mol. The van der Waals surface area contributed by atoms with Gasteiger partial charge in [0.15, 0.2) is 0 Å². The molecule has 0 fully saturated rings. The second-order valence-electron chi connectivity index (χ2n) is 5.66. The summed E-state index contributed by atoms with van der Waals surface area (Å²) in [6, 6.07) is 23.5. The largest absolute Gasteiger partial charge is 0.379 e. The van der Waals surface area contributed by atoms with Crippen LogP contribution < -0.4 is 4.18 Å². The van der Waals surface area contributed by atoms with Crippen LogP contribution in [0.1, 0.15) is 16.7 Å². The van der Waals surface area contributed by atoms with Gasteiger partial charge in [-0.15, -0.1) is 0 Å². The maximum Gasteiger partial charge on any atom is 0.339 e. The molecule has 0 unspecified atom stereocenters. The topological polar surface area (TPSA) is 43.4 Å². The van der Waals surface area contributed by atoms with E-state index in [2.05, 4.69) is 0 Å². The molecular weight excluding hydrogens is 332 g/mol. The molecule has 0 bridgehead atoms. The molecule has 0 heterocycles. The average molecular weight is 350 g/mol. The van der Waals surface area contributed by atoms with E-state index in [1.165, 1.54) is 0 Å². The maximum absolute atomic E-state index is 12.3. The van der Waals surface area contributed by atoms with E-state index in [4.69, 9.17) is 4.18 Å². The van der Waals surface area contributed by atoms with Crippen molar-refractivity contribution in [2.24, 2.45) is 0 Å². The SMILES string of the molecule is Cc1ccc(S(=O)(=O)Oc2ccc(/C=C/c3ccccc3)cc2)cc1. The van der Waals surface area contributed by atoms with Crippen molar-refractivity contribution in [3.05, 3.63) is 95.6 Å². The highest BCUT2D eigenvalue weighted by Gasteiger charge is 2.16. The fourth-order valence-corrected chi connectivity index (χ4v) is 3.20. The molecule has 126 valence electrons. The van der Waals surface area contributed by atoms with Crippen molar-refractivity contribution in [1.82, 2.24) is 0 Å². The molecule has 3 aromatic carbocycles. The van der Waals surface area contributed by atoms with Gasteiger partial charge in [0.2, 0.25) is 0 Å². The number of rotatable bonds is 5. The molecule has 0 radical (unpaired) electrons. The third-order valence-corrected chi connectivity index (χ3v) is 4.92. The Morgan fingerprint density at radius 3 is 1.88 bits per heavy atom. The Bertz CT molecular complexity index is 956. The number of benzene rings is 3. The predicted octanol–water partition coefficient (Wildman–Crippen LogP) is 4.93. The molecule has 3 nitrogen and oxygen atoms in total. The van der Waals surface area contributed by atoms with Gasteiger partial charge in [0, 0.05) is 0 Å². The van der Waals surface area contributed by atoms with Crippen molar-refractivity contribution in [2.75, 3.05) is 0 Å². The molecule has 0 aliphatic rings. The Hall–Kier alpha value is -2.85. The van der Waals surface area contributed by atoms with Crippen molar-refractivity contribution < 1.29 is 12.6 Å². The lowest BCUT2D eigenvalue weighted by Crippen LogP contribution is -2.09. The summed E-state index contributed by atoms with van der Waals surface area (Å²) in [7, 11) is -3.82. The minimum absolute atomic E-state index is 0.145. The van der Waals surface area contributed by atoms with Crippen LogP contribution in [0.25, 0.3) is 12.2 Å². The van der Waals surface area contributed by atoms with E-state index in [1.807, 2.05) is 61.5 Å². The summed E-state index contributed by atoms with van der Waals surface area (Å²) < 4.78 is 29.7. The maximum atomic E-state index is 12.3. The van der Waals surface area contributed by atoms with E-state index in [9.17, 15) is 8.42 Å². The zero-order valence-corrected chi connectivity index (χ0v) is 14.6. The highest BCUT2D eigenvalue weighted by molar-refractivity contribution is 7.87. The van der Waals surface area contributed by atoms with E-state index < -0.39 is 10.1 Å². The molecular formula is C21H18O3S. The van der Waals surface area contributed by atoms with Crippen LogP contribution in [0.5, 0.6) is 5.75 Å². The second kappa shape index (κ2) is 7.36. The van der Waals surface area contributed by atoms with Crippen LogP contribution in [0.2, 0.25) is 0 Å². The van der Waals surface area contributed by atoms with Gasteiger partial charge in [0.05, 0.1) is 0 Å². The zero-order chi connectivity index (χ0) is 17.7. The van der Waals surface area contributed by atoms with Crippen LogP contribution in [0.15, 0.2) is 83.8 Å². The van der Waals surface area contributed by atoms with Crippen molar-refractivity contribution >= 4 is 22.3 Å². The first-order chi connectivity index (χ1) is 12.0. The molecule has 0 N–H and O–H groups in total. The van der Waals surface area contributed by atoms with Gasteiger partial charge in [-0.25, -0.2) is 0 Å². The molecule has 4 heteroatoms. The molecule has 3 aromatic rings. The highest BCUT2D eigenvalue weighted by Crippen LogP contribution is 2.20. The predicted molar refractivity (Wildman–Crippen MR) is 101 cm³/mol. The molecule has 0 aliphatic carbocycles. The molecule has 0 atom stereocenters. The van der Waals surface area contributed by atoms with Crippen LogP contribution in [0.3, 0.4) is 0 Å². The van der Waals surface area contributed by atoms with Gasteiger partial charge in [-0.2, -0.15) is 8.42 Å². The number of hydrogen-bond donors (Lipinski definition) is 0. The fourth-order valence-electron chi connectivity index (χ4n) is 2.27. The summed E-state index contributed by atoms with van der Waals surface area (Å²) >= 11 is 0. The van der Waals surface area contributed by atoms with Crippen molar-refractivity contribution in [3.63, 3.8) is 0 Å². The minimum Gasteiger partial charge on any atom is -0.379 e. The van der Waals surface area contributed by atoms with Crippen molar-refractivity contribution in [3.8, 4) is 5.75 Å². The van der Waals surface area contributed by atoms with Crippen LogP contribution in [0.4, 0.5) is 0 Å². The van der Waals surface area contributed by atoms with E-state index in [0.29, 0.717) is 0 Å². The summed E-state index contributed by atoms with van der Waals surface area (Å²) in [4.78, 5) is 0.145. The Labute approximate surface area is 148 Å². The molecule has 0 saturated carbocycles. The van der Waals surface area contributed by atoms with Gasteiger partial charge >= 0.3 is 10.1 Å². The molecule has 0 aliphatic heterocycles. The van der Waals surface area contributed by atoms with Gasteiger partial charge in [-0.1, -0.05) is 72.3 Å². The van der Waals surface area contributed by atoms with Crippen molar-refractivity contribution in [2.45, 2.75) is 11.8 Å². The standard InChI is InChI=1S/C21H18O3S/c1-17-7-15-21(16-8-17)25(22,23)24-20-13-11-19(12-14-20)10-9-18-5-3-2-4-6-18/h2-16H,1H3/b10-9+. The Morgan fingerprint density at radius 1 is 0.720 bits per heavy atom. The summed E-state index contributed by atoms with van der Waals surface area (Å²) in [6.07, 6.45) is 3.96. The first-order valence-electron chi connectivity index (χ1n) is 7.87. The third kappa shape index (κ3) is 4.58. The molecule has 25 heavy (non-hydrogen) atoms. The lowest BCUT2D eigenvalue weighted by Gasteiger charge is -2.07. The molecule has 0 aromatic heterocycles. The summed E-state index contributed by atoms with van der Waals surface area (Å²) in [5, 5.41) is 0. The Morgan fingerprint density at radius 2 is 1.28 bits per heavy atom. The second-order valence-corrected chi connectivity index (χ2v) is 7.21. The summed E-state index contributed by atoms with van der Waals surface area (Å²) in [6.45, 7) is 1.90. The van der Waals surface area contributed by atoms with E-state index in [-0.39, 0.29) is 10.6 Å². The van der Waals surface area contributed by atoms with Crippen LogP contribution >= 0.6 is 0 Å². The molecule has 3 rings (SSSR count). The van der Waals surface area contributed by atoms with Gasteiger partial charge in [-0.05, 0) is 42.3 Å². The average Bonchev–Trinajstić information content (AvgIpc) is 2.62. The van der Waals surface area contributed by atoms with Gasteiger partial charge in [0.1, 0.15) is 10.6 Å². The first kappa shape index (κ1) is 17.0. The highest BCUT2D eigenvalue weighted by atomic mass is 32.2. The zero-order valence-electron chi connectivity index (χ0n) is 13.8. The van der Waals surface area contributed by atoms with Gasteiger partial charge < -0.3 is 4.18 Å². The summed E-state index contributed by atoms with van der Waals surface area (Å²) in [5.74, 6) is 0.289.